The minimum Gasteiger partial charge on any atom is -0.352 e. The maximum absolute atomic E-state index is 13.0. The molecule has 0 bridgehead atoms. The standard InChI is InChI=1S/C18H22F3N3O3/c1-10(2)11(3)22-14(25)9-24-15(26)17(4,23-16(24)27)12-6-5-7-13(8-12)18(19,20)21/h5-8,10-11H,9H2,1-4H3,(H,22,25)(H,23,27)/t11-,17+/m0/s1. The molecule has 1 heterocycles. The zero-order valence-electron chi connectivity index (χ0n) is 15.5. The number of carbonyl (C=O) groups excluding carboxylic acids is 3. The lowest BCUT2D eigenvalue weighted by molar-refractivity contribution is -0.138. The van der Waals surface area contributed by atoms with Crippen LogP contribution in [0.1, 0.15) is 38.8 Å². The van der Waals surface area contributed by atoms with E-state index in [1.807, 2.05) is 13.8 Å². The van der Waals surface area contributed by atoms with Gasteiger partial charge >= 0.3 is 12.2 Å². The van der Waals surface area contributed by atoms with Crippen LogP contribution in [0.5, 0.6) is 0 Å². The third-order valence-corrected chi connectivity index (χ3v) is 4.73. The third-order valence-electron chi connectivity index (χ3n) is 4.73. The van der Waals surface area contributed by atoms with Gasteiger partial charge in [-0.2, -0.15) is 13.2 Å². The fourth-order valence-electron chi connectivity index (χ4n) is 2.65. The summed E-state index contributed by atoms with van der Waals surface area (Å²) in [5.41, 5.74) is -2.61. The second kappa shape index (κ2) is 7.21. The zero-order chi connectivity index (χ0) is 20.6. The number of urea groups is 1. The fourth-order valence-corrected chi connectivity index (χ4v) is 2.65. The maximum Gasteiger partial charge on any atom is 0.416 e. The summed E-state index contributed by atoms with van der Waals surface area (Å²) >= 11 is 0. The van der Waals surface area contributed by atoms with E-state index in [0.717, 1.165) is 12.1 Å². The normalized spacial score (nSPS) is 21.4. The van der Waals surface area contributed by atoms with E-state index in [4.69, 9.17) is 0 Å². The van der Waals surface area contributed by atoms with E-state index < -0.39 is 41.7 Å². The number of halogens is 3. The quantitative estimate of drug-likeness (QED) is 0.765. The number of hydrogen-bond donors (Lipinski definition) is 2. The molecule has 0 spiro atoms. The molecule has 2 rings (SSSR count). The van der Waals surface area contributed by atoms with Crippen molar-refractivity contribution < 1.29 is 27.6 Å². The van der Waals surface area contributed by atoms with Crippen molar-refractivity contribution in [3.8, 4) is 0 Å². The average molecular weight is 385 g/mol. The summed E-state index contributed by atoms with van der Waals surface area (Å²) in [6, 6.07) is 3.22. The molecule has 0 radical (unpaired) electrons. The first kappa shape index (κ1) is 20.7. The molecule has 2 N–H and O–H groups in total. The molecule has 1 aromatic rings. The molecule has 4 amide bonds. The van der Waals surface area contributed by atoms with Crippen LogP contribution in [0, 0.1) is 5.92 Å². The SMILES string of the molecule is CC(C)[C@H](C)NC(=O)CN1C(=O)N[C@](C)(c2cccc(C(F)(F)F)c2)C1=O. The topological polar surface area (TPSA) is 78.5 Å². The van der Waals surface area contributed by atoms with E-state index in [2.05, 4.69) is 10.6 Å². The first-order valence-corrected chi connectivity index (χ1v) is 8.47. The molecule has 0 unspecified atom stereocenters. The number of benzene rings is 1. The molecule has 0 aliphatic carbocycles. The molecular weight excluding hydrogens is 363 g/mol. The van der Waals surface area contributed by atoms with E-state index in [-0.39, 0.29) is 17.5 Å². The number of imide groups is 1. The largest absolute Gasteiger partial charge is 0.416 e. The maximum atomic E-state index is 13.0. The molecule has 1 aliphatic rings. The Morgan fingerprint density at radius 3 is 2.44 bits per heavy atom. The van der Waals surface area contributed by atoms with Crippen LogP contribution in [0.25, 0.3) is 0 Å². The number of hydrogen-bond acceptors (Lipinski definition) is 3. The minimum absolute atomic E-state index is 0.00543. The highest BCUT2D eigenvalue weighted by molar-refractivity contribution is 6.09. The average Bonchev–Trinajstić information content (AvgIpc) is 2.78. The van der Waals surface area contributed by atoms with Gasteiger partial charge in [-0.1, -0.05) is 26.0 Å². The van der Waals surface area contributed by atoms with E-state index >= 15 is 0 Å². The number of nitrogens with one attached hydrogen (secondary N) is 2. The van der Waals surface area contributed by atoms with E-state index in [1.54, 1.807) is 6.92 Å². The first-order chi connectivity index (χ1) is 12.4. The molecule has 0 saturated carbocycles. The Bertz CT molecular complexity index is 764. The number of alkyl halides is 3. The van der Waals surface area contributed by atoms with Gasteiger partial charge in [-0.25, -0.2) is 4.79 Å². The van der Waals surface area contributed by atoms with Crippen LogP contribution in [-0.4, -0.2) is 35.3 Å². The summed E-state index contributed by atoms with van der Waals surface area (Å²) in [6.07, 6.45) is -4.58. The Labute approximate surface area is 155 Å². The van der Waals surface area contributed by atoms with Crippen molar-refractivity contribution in [2.24, 2.45) is 5.92 Å². The second-order valence-corrected chi connectivity index (χ2v) is 7.13. The smallest absolute Gasteiger partial charge is 0.352 e. The first-order valence-electron chi connectivity index (χ1n) is 8.47. The van der Waals surface area contributed by atoms with Gasteiger partial charge in [0.2, 0.25) is 5.91 Å². The highest BCUT2D eigenvalue weighted by atomic mass is 19.4. The molecule has 1 aliphatic heterocycles. The van der Waals surface area contributed by atoms with Gasteiger partial charge in [-0.15, -0.1) is 0 Å². The Morgan fingerprint density at radius 2 is 1.89 bits per heavy atom. The Morgan fingerprint density at radius 1 is 1.26 bits per heavy atom. The second-order valence-electron chi connectivity index (χ2n) is 7.13. The summed E-state index contributed by atoms with van der Waals surface area (Å²) < 4.78 is 38.9. The van der Waals surface area contributed by atoms with Gasteiger partial charge in [0.25, 0.3) is 5.91 Å². The Kier molecular flexibility index (Phi) is 5.53. The van der Waals surface area contributed by atoms with Crippen LogP contribution in [-0.2, 0) is 21.3 Å². The lowest BCUT2D eigenvalue weighted by Crippen LogP contribution is -2.46. The van der Waals surface area contributed by atoms with Crippen LogP contribution < -0.4 is 10.6 Å². The fraction of sp³-hybridized carbons (Fsp3) is 0.500. The van der Waals surface area contributed by atoms with Gasteiger partial charge in [0, 0.05) is 6.04 Å². The molecule has 2 atom stereocenters. The molecule has 1 saturated heterocycles. The zero-order valence-corrected chi connectivity index (χ0v) is 15.5. The van der Waals surface area contributed by atoms with E-state index in [0.29, 0.717) is 4.90 Å². The monoisotopic (exact) mass is 385 g/mol. The number of carbonyl (C=O) groups is 3. The van der Waals surface area contributed by atoms with E-state index in [1.165, 1.54) is 19.1 Å². The van der Waals surface area contributed by atoms with Gasteiger partial charge in [-0.3, -0.25) is 14.5 Å². The Balaban J connectivity index is 2.23. The van der Waals surface area contributed by atoms with Crippen molar-refractivity contribution in [3.05, 3.63) is 35.4 Å². The molecule has 6 nitrogen and oxygen atoms in total. The predicted octanol–water partition coefficient (Wildman–Crippen LogP) is 2.63. The summed E-state index contributed by atoms with van der Waals surface area (Å²) in [5, 5.41) is 5.08. The summed E-state index contributed by atoms with van der Waals surface area (Å²) in [7, 11) is 0. The van der Waals surface area contributed by atoms with Crippen molar-refractivity contribution in [2.75, 3.05) is 6.54 Å². The summed E-state index contributed by atoms with van der Waals surface area (Å²) in [6.45, 7) is 6.42. The molecule has 1 aromatic carbocycles. The van der Waals surface area contributed by atoms with E-state index in [9.17, 15) is 27.6 Å². The van der Waals surface area contributed by atoms with Crippen molar-refractivity contribution in [2.45, 2.75) is 45.5 Å². The van der Waals surface area contributed by atoms with Gasteiger partial charge in [0.1, 0.15) is 12.1 Å². The van der Waals surface area contributed by atoms with Crippen LogP contribution in [0.15, 0.2) is 24.3 Å². The van der Waals surface area contributed by atoms with Gasteiger partial charge in [-0.05, 0) is 37.5 Å². The highest BCUT2D eigenvalue weighted by Gasteiger charge is 2.50. The third kappa shape index (κ3) is 4.23. The molecule has 9 heteroatoms. The number of rotatable bonds is 5. The van der Waals surface area contributed by atoms with Crippen LogP contribution in [0.2, 0.25) is 0 Å². The van der Waals surface area contributed by atoms with Gasteiger partial charge < -0.3 is 10.6 Å². The summed E-state index contributed by atoms with van der Waals surface area (Å²) in [4.78, 5) is 37.8. The van der Waals surface area contributed by atoms with Crippen LogP contribution in [0.4, 0.5) is 18.0 Å². The Hall–Kier alpha value is -2.58. The molecule has 27 heavy (non-hydrogen) atoms. The predicted molar refractivity (Wildman–Crippen MR) is 91.5 cm³/mol. The van der Waals surface area contributed by atoms with Crippen molar-refractivity contribution in [1.82, 2.24) is 15.5 Å². The van der Waals surface area contributed by atoms with Crippen LogP contribution >= 0.6 is 0 Å². The minimum atomic E-state index is -4.58. The molecular formula is C18H22F3N3O3. The molecule has 1 fully saturated rings. The lowest BCUT2D eigenvalue weighted by atomic mass is 9.90. The van der Waals surface area contributed by atoms with Crippen molar-refractivity contribution >= 4 is 17.8 Å². The van der Waals surface area contributed by atoms with Crippen LogP contribution in [0.3, 0.4) is 0 Å². The van der Waals surface area contributed by atoms with Crippen molar-refractivity contribution in [3.63, 3.8) is 0 Å². The lowest BCUT2D eigenvalue weighted by Gasteiger charge is -2.23. The highest BCUT2D eigenvalue weighted by Crippen LogP contribution is 2.34. The molecule has 148 valence electrons. The van der Waals surface area contributed by atoms with Gasteiger partial charge in [0.15, 0.2) is 0 Å². The number of amides is 4. The summed E-state index contributed by atoms with van der Waals surface area (Å²) in [5.74, 6) is -1.14. The molecule has 0 aromatic heterocycles. The number of nitrogens with zero attached hydrogens (tertiary/aromatic N) is 1. The van der Waals surface area contributed by atoms with Gasteiger partial charge in [0.05, 0.1) is 5.56 Å². The van der Waals surface area contributed by atoms with Crippen molar-refractivity contribution in [1.29, 1.82) is 0 Å².